The number of aliphatic hydroxyl groups is 1. The van der Waals surface area contributed by atoms with Crippen LogP contribution in [0.1, 0.15) is 67.2 Å². The highest BCUT2D eigenvalue weighted by Crippen LogP contribution is 2.22. The maximum Gasteiger partial charge on any atom is 0.333 e. The fourth-order valence-electron chi connectivity index (χ4n) is 3.44. The lowest BCUT2D eigenvalue weighted by atomic mass is 9.83. The number of hydrogen-bond donors (Lipinski definition) is 2. The van der Waals surface area contributed by atoms with Crippen LogP contribution >= 0.6 is 0 Å². The van der Waals surface area contributed by atoms with E-state index in [1.807, 2.05) is 58.9 Å². The SMILES string of the molecule is CC=CC[C@H](O)C/C=C\CC(=O)[C@@H](NC(=O)/C=C/C#C/C=C\[C@H](C)[C@@H]1CC=C(C)C(=O)O1)C(C)(C)C. The fourth-order valence-corrected chi connectivity index (χ4v) is 3.44. The van der Waals surface area contributed by atoms with Crippen molar-refractivity contribution in [1.82, 2.24) is 5.32 Å². The molecule has 0 radical (unpaired) electrons. The van der Waals surface area contributed by atoms with Crippen molar-refractivity contribution < 1.29 is 24.2 Å². The summed E-state index contributed by atoms with van der Waals surface area (Å²) in [4.78, 5) is 36.8. The lowest BCUT2D eigenvalue weighted by molar-refractivity contribution is -0.147. The van der Waals surface area contributed by atoms with Gasteiger partial charge in [0.1, 0.15) is 6.10 Å². The molecule has 2 N–H and O–H groups in total. The maximum absolute atomic E-state index is 12.8. The molecule has 0 fully saturated rings. The summed E-state index contributed by atoms with van der Waals surface area (Å²) < 4.78 is 5.39. The van der Waals surface area contributed by atoms with Gasteiger partial charge < -0.3 is 15.2 Å². The first-order valence-corrected chi connectivity index (χ1v) is 12.4. The second-order valence-corrected chi connectivity index (χ2v) is 10.1. The van der Waals surface area contributed by atoms with Crippen molar-refractivity contribution in [3.05, 3.63) is 60.3 Å². The van der Waals surface area contributed by atoms with Gasteiger partial charge in [-0.25, -0.2) is 4.79 Å². The highest BCUT2D eigenvalue weighted by molar-refractivity contribution is 5.94. The molecule has 196 valence electrons. The van der Waals surface area contributed by atoms with Crippen molar-refractivity contribution >= 4 is 17.7 Å². The topological polar surface area (TPSA) is 92.7 Å². The lowest BCUT2D eigenvalue weighted by Crippen LogP contribution is -2.48. The molecule has 0 aromatic rings. The summed E-state index contributed by atoms with van der Waals surface area (Å²) >= 11 is 0. The lowest BCUT2D eigenvalue weighted by Gasteiger charge is -2.29. The van der Waals surface area contributed by atoms with Crippen molar-refractivity contribution in [2.24, 2.45) is 11.3 Å². The van der Waals surface area contributed by atoms with Gasteiger partial charge in [0.25, 0.3) is 0 Å². The van der Waals surface area contributed by atoms with Crippen molar-refractivity contribution in [2.45, 2.75) is 85.5 Å². The van der Waals surface area contributed by atoms with Crippen LogP contribution in [0.25, 0.3) is 0 Å². The molecule has 0 unspecified atom stereocenters. The van der Waals surface area contributed by atoms with Crippen molar-refractivity contribution in [3.63, 3.8) is 0 Å². The van der Waals surface area contributed by atoms with Crippen LogP contribution in [0.15, 0.2) is 60.3 Å². The van der Waals surface area contributed by atoms with Gasteiger partial charge in [-0.1, -0.05) is 76.0 Å². The Bertz CT molecular complexity index is 966. The predicted molar refractivity (Wildman–Crippen MR) is 144 cm³/mol. The first-order chi connectivity index (χ1) is 17.0. The van der Waals surface area contributed by atoms with Gasteiger partial charge in [-0.2, -0.15) is 0 Å². The van der Waals surface area contributed by atoms with Crippen LogP contribution in [-0.4, -0.2) is 41.0 Å². The molecule has 1 aliphatic heterocycles. The van der Waals surface area contributed by atoms with Crippen molar-refractivity contribution in [3.8, 4) is 11.8 Å². The zero-order valence-corrected chi connectivity index (χ0v) is 22.4. The molecule has 1 amide bonds. The van der Waals surface area contributed by atoms with E-state index in [-0.39, 0.29) is 30.2 Å². The molecule has 0 aromatic carbocycles. The quantitative estimate of drug-likeness (QED) is 0.187. The van der Waals surface area contributed by atoms with Crippen molar-refractivity contribution in [1.29, 1.82) is 0 Å². The van der Waals surface area contributed by atoms with Gasteiger partial charge in [0.2, 0.25) is 5.91 Å². The Morgan fingerprint density at radius 3 is 2.50 bits per heavy atom. The average Bonchev–Trinajstić information content (AvgIpc) is 2.81. The highest BCUT2D eigenvalue weighted by atomic mass is 16.5. The first kappa shape index (κ1) is 30.9. The smallest absolute Gasteiger partial charge is 0.333 e. The van der Waals surface area contributed by atoms with E-state index < -0.39 is 23.5 Å². The number of aliphatic hydroxyl groups excluding tert-OH is 1. The number of carbonyl (C=O) groups excluding carboxylic acids is 3. The second kappa shape index (κ2) is 15.7. The number of amides is 1. The summed E-state index contributed by atoms with van der Waals surface area (Å²) in [5.74, 6) is 4.86. The van der Waals surface area contributed by atoms with E-state index in [9.17, 15) is 19.5 Å². The molecule has 36 heavy (non-hydrogen) atoms. The number of ether oxygens (including phenoxy) is 1. The molecule has 0 aliphatic carbocycles. The Kier molecular flexibility index (Phi) is 13.5. The first-order valence-electron chi connectivity index (χ1n) is 12.4. The Balaban J connectivity index is 2.58. The molecule has 0 saturated heterocycles. The number of hydrogen-bond acceptors (Lipinski definition) is 5. The predicted octanol–water partition coefficient (Wildman–Crippen LogP) is 4.76. The number of esters is 1. The molecule has 4 atom stereocenters. The van der Waals surface area contributed by atoms with E-state index in [2.05, 4.69) is 17.2 Å². The van der Waals surface area contributed by atoms with E-state index in [1.54, 1.807) is 25.2 Å². The number of nitrogens with one attached hydrogen (secondary N) is 1. The Morgan fingerprint density at radius 1 is 1.19 bits per heavy atom. The number of Topliss-reactive ketones (excluding diaryl/α,β-unsaturated/α-hetero) is 1. The minimum Gasteiger partial charge on any atom is -0.458 e. The fraction of sp³-hybridized carbons (Fsp3) is 0.500. The number of allylic oxidation sites excluding steroid dienone is 4. The maximum atomic E-state index is 12.8. The number of ketones is 1. The standard InChI is InChI=1S/C30H41NO5/c1-7-8-16-24(32)17-13-14-18-25(33)28(30(4,5)6)31-27(34)19-12-10-9-11-15-22(2)26-21-20-23(3)29(35)36-26/h7-8,11-15,19-20,22,24,26,28,32H,16-18,21H2,1-6H3,(H,31,34)/b8-7?,14-13-,15-11-,19-12+/t22-,24-,26-,28+/m0/s1. The molecule has 0 bridgehead atoms. The third-order valence-corrected chi connectivity index (χ3v) is 5.72. The molecule has 0 spiro atoms. The van der Waals surface area contributed by atoms with Gasteiger partial charge in [0, 0.05) is 30.4 Å². The largest absolute Gasteiger partial charge is 0.458 e. The number of carbonyl (C=O) groups is 3. The Hall–Kier alpha value is -3.17. The summed E-state index contributed by atoms with van der Waals surface area (Å²) in [6.07, 6.45) is 16.7. The summed E-state index contributed by atoms with van der Waals surface area (Å²) in [5.41, 5.74) is 0.175. The molecule has 0 saturated carbocycles. The minimum atomic E-state index is -0.656. The van der Waals surface area contributed by atoms with Gasteiger partial charge >= 0.3 is 5.97 Å². The normalized spacial score (nSPS) is 19.1. The average molecular weight is 496 g/mol. The zero-order valence-electron chi connectivity index (χ0n) is 22.4. The van der Waals surface area contributed by atoms with Gasteiger partial charge in [-0.15, -0.1) is 0 Å². The number of cyclic esters (lactones) is 1. The van der Waals surface area contributed by atoms with E-state index >= 15 is 0 Å². The molecule has 0 aromatic heterocycles. The monoisotopic (exact) mass is 495 g/mol. The van der Waals surface area contributed by atoms with E-state index in [4.69, 9.17) is 4.74 Å². The molecule has 1 aliphatic rings. The zero-order chi connectivity index (χ0) is 27.1. The van der Waals surface area contributed by atoms with Crippen LogP contribution in [0.5, 0.6) is 0 Å². The molecule has 6 nitrogen and oxygen atoms in total. The van der Waals surface area contributed by atoms with E-state index in [1.165, 1.54) is 12.2 Å². The van der Waals surface area contributed by atoms with Gasteiger partial charge in [-0.3, -0.25) is 9.59 Å². The van der Waals surface area contributed by atoms with Crippen LogP contribution in [0.3, 0.4) is 0 Å². The summed E-state index contributed by atoms with van der Waals surface area (Å²) in [6.45, 7) is 11.3. The molecule has 6 heteroatoms. The van der Waals surface area contributed by atoms with Crippen molar-refractivity contribution in [2.75, 3.05) is 0 Å². The molecule has 1 rings (SSSR count). The third kappa shape index (κ3) is 12.0. The highest BCUT2D eigenvalue weighted by Gasteiger charge is 2.31. The summed E-state index contributed by atoms with van der Waals surface area (Å²) in [5, 5.41) is 12.6. The van der Waals surface area contributed by atoms with Gasteiger partial charge in [-0.05, 0) is 44.3 Å². The van der Waals surface area contributed by atoms with Crippen LogP contribution in [0, 0.1) is 23.2 Å². The van der Waals surface area contributed by atoms with Crippen LogP contribution in [0.2, 0.25) is 0 Å². The molecule has 1 heterocycles. The van der Waals surface area contributed by atoms with Gasteiger partial charge in [0.15, 0.2) is 5.78 Å². The van der Waals surface area contributed by atoms with Crippen LogP contribution in [0.4, 0.5) is 0 Å². The Labute approximate surface area is 216 Å². The van der Waals surface area contributed by atoms with Crippen LogP contribution < -0.4 is 5.32 Å². The van der Waals surface area contributed by atoms with Crippen LogP contribution in [-0.2, 0) is 19.1 Å². The molecular formula is C30H41NO5. The summed E-state index contributed by atoms with van der Waals surface area (Å²) in [7, 11) is 0. The summed E-state index contributed by atoms with van der Waals surface area (Å²) in [6, 6.07) is -0.656. The van der Waals surface area contributed by atoms with E-state index in [0.29, 0.717) is 24.8 Å². The van der Waals surface area contributed by atoms with E-state index in [0.717, 1.165) is 0 Å². The Morgan fingerprint density at radius 2 is 1.86 bits per heavy atom. The van der Waals surface area contributed by atoms with Gasteiger partial charge in [0.05, 0.1) is 12.1 Å². The third-order valence-electron chi connectivity index (χ3n) is 5.72. The minimum absolute atomic E-state index is 0.0175. The molecular weight excluding hydrogens is 454 g/mol. The number of rotatable bonds is 11. The second-order valence-electron chi connectivity index (χ2n) is 10.1.